The van der Waals surface area contributed by atoms with Crippen molar-refractivity contribution in [3.05, 3.63) is 37.1 Å². The Balaban J connectivity index is 2.76. The zero-order valence-corrected chi connectivity index (χ0v) is 15.4. The Bertz CT molecular complexity index is 768. The Labute approximate surface area is 156 Å². The number of nitrogens with zero attached hydrogens (tertiary/aromatic N) is 2. The van der Waals surface area contributed by atoms with Crippen LogP contribution >= 0.6 is 0 Å². The van der Waals surface area contributed by atoms with E-state index in [4.69, 9.17) is 9.39 Å². The first-order chi connectivity index (χ1) is 12.5. The van der Waals surface area contributed by atoms with E-state index in [0.717, 1.165) is 4.90 Å². The van der Waals surface area contributed by atoms with Gasteiger partial charge in [-0.25, -0.2) is 4.79 Å². The number of hydrogen-bond donors (Lipinski definition) is 1. The zero-order chi connectivity index (χ0) is 20.6. The van der Waals surface area contributed by atoms with Crippen LogP contribution in [0, 0.1) is 5.92 Å². The summed E-state index contributed by atoms with van der Waals surface area (Å²) < 4.78 is 30.3. The largest absolute Gasteiger partial charge is 0.438 e. The van der Waals surface area contributed by atoms with Crippen LogP contribution in [0.1, 0.15) is 19.3 Å². The van der Waals surface area contributed by atoms with E-state index in [1.807, 2.05) is 0 Å². The molecule has 10 nitrogen and oxygen atoms in total. The third-order valence-electron chi connectivity index (χ3n) is 3.41. The van der Waals surface area contributed by atoms with Gasteiger partial charge in [0.05, 0.1) is 11.7 Å². The Hall–Kier alpha value is -2.79. The van der Waals surface area contributed by atoms with Gasteiger partial charge in [-0.15, -0.1) is 5.06 Å². The summed E-state index contributed by atoms with van der Waals surface area (Å²) in [7, 11) is -3.01. The molecule has 27 heavy (non-hydrogen) atoms. The van der Waals surface area contributed by atoms with Crippen LogP contribution in [-0.2, 0) is 29.3 Å². The lowest BCUT2D eigenvalue weighted by atomic mass is 10.0. The number of hydroxylamine groups is 2. The highest BCUT2D eigenvalue weighted by Crippen LogP contribution is 2.14. The molecule has 148 valence electrons. The summed E-state index contributed by atoms with van der Waals surface area (Å²) in [6.45, 7) is 3.46. The molecule has 0 aromatic rings. The number of carbonyl (C=O) groups excluding carboxylic acids is 4. The molecule has 0 spiro atoms. The van der Waals surface area contributed by atoms with Gasteiger partial charge in [0.25, 0.3) is 21.9 Å². The molecule has 1 saturated heterocycles. The topological polar surface area (TPSA) is 138 Å². The summed E-state index contributed by atoms with van der Waals surface area (Å²) in [4.78, 5) is 52.5. The van der Waals surface area contributed by atoms with Crippen molar-refractivity contribution < 1.29 is 37.0 Å². The molecule has 1 aliphatic rings. The minimum absolute atomic E-state index is 0.0393. The summed E-state index contributed by atoms with van der Waals surface area (Å²) in [5.41, 5.74) is 0. The lowest BCUT2D eigenvalue weighted by Crippen LogP contribution is -2.36. The van der Waals surface area contributed by atoms with Crippen molar-refractivity contribution in [1.82, 2.24) is 9.96 Å². The average Bonchev–Trinajstić information content (AvgIpc) is 2.90. The highest BCUT2D eigenvalue weighted by atomic mass is 32.2. The number of allylic oxidation sites excluding steroid dienone is 4. The van der Waals surface area contributed by atoms with Gasteiger partial charge in [-0.3, -0.25) is 23.8 Å². The van der Waals surface area contributed by atoms with Crippen LogP contribution in [0.4, 0.5) is 4.79 Å². The van der Waals surface area contributed by atoms with Crippen molar-refractivity contribution in [1.29, 1.82) is 0 Å². The predicted octanol–water partition coefficient (Wildman–Crippen LogP) is 0.838. The van der Waals surface area contributed by atoms with E-state index in [2.05, 4.69) is 6.58 Å². The second-order valence-corrected chi connectivity index (χ2v) is 7.11. The standard InChI is InChI=1S/C16H20N2O8S/c1-3-4-5-12(13(19)9-11-27(23,24)25)8-10-17(2)16(22)26-18-14(20)6-7-15(18)21/h3-5,8,10,12H,1,6-7,9,11H2,2H3,(H,23,24,25)/b5-4-,10-8-. The molecule has 1 aliphatic heterocycles. The molecule has 0 radical (unpaired) electrons. The van der Waals surface area contributed by atoms with E-state index in [1.54, 1.807) is 0 Å². The molecule has 11 heteroatoms. The second-order valence-electron chi connectivity index (χ2n) is 5.54. The van der Waals surface area contributed by atoms with Gasteiger partial charge in [-0.2, -0.15) is 8.42 Å². The molecule has 0 aromatic carbocycles. The number of amides is 3. The monoisotopic (exact) mass is 400 g/mol. The third kappa shape index (κ3) is 7.54. The van der Waals surface area contributed by atoms with Gasteiger partial charge < -0.3 is 4.84 Å². The fraction of sp³-hybridized carbons (Fsp3) is 0.375. The first-order valence-electron chi connectivity index (χ1n) is 7.81. The number of ketones is 1. The lowest BCUT2D eigenvalue weighted by molar-refractivity contribution is -0.172. The molecule has 0 aliphatic carbocycles. The van der Waals surface area contributed by atoms with Gasteiger partial charge in [0.2, 0.25) is 0 Å². The zero-order valence-electron chi connectivity index (χ0n) is 14.6. The molecular weight excluding hydrogens is 380 g/mol. The van der Waals surface area contributed by atoms with Gasteiger partial charge in [0.15, 0.2) is 0 Å². The van der Waals surface area contributed by atoms with E-state index in [1.165, 1.54) is 37.6 Å². The van der Waals surface area contributed by atoms with E-state index < -0.39 is 51.9 Å². The minimum atomic E-state index is -4.28. The Morgan fingerprint density at radius 1 is 1.30 bits per heavy atom. The van der Waals surface area contributed by atoms with Gasteiger partial charge in [-0.05, 0) is 0 Å². The van der Waals surface area contributed by atoms with E-state index >= 15 is 0 Å². The van der Waals surface area contributed by atoms with Gasteiger partial charge in [0, 0.05) is 32.5 Å². The van der Waals surface area contributed by atoms with Crippen molar-refractivity contribution in [3.63, 3.8) is 0 Å². The number of Topliss-reactive ketones (excluding diaryl/α,β-unsaturated/α-hetero) is 1. The van der Waals surface area contributed by atoms with Crippen LogP contribution in [0.3, 0.4) is 0 Å². The Kier molecular flexibility index (Phi) is 8.06. The van der Waals surface area contributed by atoms with E-state index in [9.17, 15) is 27.6 Å². The van der Waals surface area contributed by atoms with Gasteiger partial charge in [0.1, 0.15) is 5.78 Å². The van der Waals surface area contributed by atoms with Crippen molar-refractivity contribution >= 4 is 33.8 Å². The van der Waals surface area contributed by atoms with Crippen molar-refractivity contribution in [2.45, 2.75) is 19.3 Å². The minimum Gasteiger partial charge on any atom is -0.310 e. The molecule has 1 unspecified atom stereocenters. The molecule has 3 amide bonds. The van der Waals surface area contributed by atoms with Crippen LogP contribution in [0.15, 0.2) is 37.1 Å². The van der Waals surface area contributed by atoms with Crippen LogP contribution in [0.2, 0.25) is 0 Å². The van der Waals surface area contributed by atoms with Gasteiger partial charge >= 0.3 is 6.09 Å². The molecule has 1 atom stereocenters. The van der Waals surface area contributed by atoms with Crippen molar-refractivity contribution in [2.75, 3.05) is 12.8 Å². The number of imide groups is 1. The number of hydrogen-bond acceptors (Lipinski definition) is 7. The Morgan fingerprint density at radius 3 is 2.41 bits per heavy atom. The van der Waals surface area contributed by atoms with E-state index in [-0.39, 0.29) is 12.8 Å². The van der Waals surface area contributed by atoms with Crippen LogP contribution in [0.5, 0.6) is 0 Å². The molecule has 1 heterocycles. The fourth-order valence-corrected chi connectivity index (χ4v) is 2.42. The first-order valence-corrected chi connectivity index (χ1v) is 9.42. The first kappa shape index (κ1) is 22.3. The molecule has 0 bridgehead atoms. The predicted molar refractivity (Wildman–Crippen MR) is 93.3 cm³/mol. The lowest BCUT2D eigenvalue weighted by Gasteiger charge is -2.17. The molecule has 1 fully saturated rings. The molecule has 1 N–H and O–H groups in total. The quantitative estimate of drug-likeness (QED) is 0.341. The smallest absolute Gasteiger partial charge is 0.310 e. The second kappa shape index (κ2) is 9.78. The van der Waals surface area contributed by atoms with Crippen molar-refractivity contribution in [3.8, 4) is 0 Å². The van der Waals surface area contributed by atoms with E-state index in [0.29, 0.717) is 5.06 Å². The van der Waals surface area contributed by atoms with Crippen LogP contribution in [0.25, 0.3) is 0 Å². The fourth-order valence-electron chi connectivity index (χ4n) is 1.96. The van der Waals surface area contributed by atoms with Crippen LogP contribution < -0.4 is 0 Å². The SMILES string of the molecule is C=C/C=C\C(/C=C\N(C)C(=O)ON1C(=O)CCC1=O)C(=O)CCS(=O)(=O)O. The summed E-state index contributed by atoms with van der Waals surface area (Å²) in [6.07, 6.45) is 5.22. The normalized spacial score (nSPS) is 16.1. The molecule has 0 saturated carbocycles. The highest BCUT2D eigenvalue weighted by Gasteiger charge is 2.33. The molecule has 1 rings (SSSR count). The highest BCUT2D eigenvalue weighted by molar-refractivity contribution is 7.85. The maximum Gasteiger partial charge on any atom is 0.438 e. The maximum atomic E-state index is 12.1. The van der Waals surface area contributed by atoms with Gasteiger partial charge in [-0.1, -0.05) is 30.9 Å². The third-order valence-corrected chi connectivity index (χ3v) is 4.13. The summed E-state index contributed by atoms with van der Waals surface area (Å²) in [5.74, 6) is -3.39. The molecular formula is C16H20N2O8S. The van der Waals surface area contributed by atoms with Crippen LogP contribution in [-0.4, -0.2) is 59.4 Å². The van der Waals surface area contributed by atoms with Crippen molar-refractivity contribution in [2.24, 2.45) is 5.92 Å². The Morgan fingerprint density at radius 2 is 1.89 bits per heavy atom. The summed E-state index contributed by atoms with van der Waals surface area (Å²) in [5, 5.41) is 0.388. The average molecular weight is 400 g/mol. The maximum absolute atomic E-state index is 12.1. The number of carbonyl (C=O) groups is 4. The summed E-state index contributed by atoms with van der Waals surface area (Å²) in [6, 6.07) is 0. The summed E-state index contributed by atoms with van der Waals surface area (Å²) >= 11 is 0. The number of rotatable bonds is 9. The molecule has 0 aromatic heterocycles.